The van der Waals surface area contributed by atoms with Crippen molar-refractivity contribution in [3.63, 3.8) is 0 Å². The number of hydrogen-bond donors (Lipinski definition) is 1. The molecule has 2 aliphatic heterocycles. The standard InChI is InChI=1S/C22H30N2O4S/c1-6-27-18-11-16-9-14(2)28-19(16)10-15(18)7-8-20(25)24-13-29-12-17(24)21(26)23-22(3,4)5/h7-8,10-11,14,17H,6,9,12-13H2,1-5H3,(H,23,26)/b8-7+. The maximum Gasteiger partial charge on any atom is 0.247 e. The zero-order chi connectivity index (χ0) is 21.2. The number of rotatable bonds is 5. The summed E-state index contributed by atoms with van der Waals surface area (Å²) in [5, 5.41) is 2.97. The van der Waals surface area contributed by atoms with Gasteiger partial charge in [-0.25, -0.2) is 0 Å². The average Bonchev–Trinajstić information content (AvgIpc) is 3.23. The lowest BCUT2D eigenvalue weighted by Gasteiger charge is -2.27. The van der Waals surface area contributed by atoms with Gasteiger partial charge in [-0.15, -0.1) is 11.8 Å². The number of carbonyl (C=O) groups excluding carboxylic acids is 2. The second kappa shape index (κ2) is 8.69. The fourth-order valence-corrected chi connectivity index (χ4v) is 4.62. The molecule has 0 radical (unpaired) electrons. The van der Waals surface area contributed by atoms with E-state index in [0.717, 1.165) is 29.0 Å². The zero-order valence-corrected chi connectivity index (χ0v) is 18.6. The molecule has 0 aliphatic carbocycles. The number of nitrogens with zero attached hydrogens (tertiary/aromatic N) is 1. The Morgan fingerprint density at radius 3 is 2.83 bits per heavy atom. The predicted molar refractivity (Wildman–Crippen MR) is 116 cm³/mol. The van der Waals surface area contributed by atoms with Crippen LogP contribution in [0.15, 0.2) is 18.2 Å². The second-order valence-corrected chi connectivity index (χ2v) is 9.46. The van der Waals surface area contributed by atoms with Gasteiger partial charge in [0.25, 0.3) is 0 Å². The summed E-state index contributed by atoms with van der Waals surface area (Å²) in [7, 11) is 0. The van der Waals surface area contributed by atoms with E-state index in [-0.39, 0.29) is 23.5 Å². The van der Waals surface area contributed by atoms with E-state index in [4.69, 9.17) is 9.47 Å². The summed E-state index contributed by atoms with van der Waals surface area (Å²) >= 11 is 1.59. The number of fused-ring (bicyclic) bond motifs is 1. The van der Waals surface area contributed by atoms with E-state index in [2.05, 4.69) is 5.32 Å². The summed E-state index contributed by atoms with van der Waals surface area (Å²) in [6.07, 6.45) is 4.27. The molecule has 6 nitrogen and oxygen atoms in total. The van der Waals surface area contributed by atoms with E-state index in [0.29, 0.717) is 18.2 Å². The fourth-order valence-electron chi connectivity index (χ4n) is 3.45. The summed E-state index contributed by atoms with van der Waals surface area (Å²) in [6.45, 7) is 10.3. The van der Waals surface area contributed by atoms with Gasteiger partial charge >= 0.3 is 0 Å². The number of nitrogens with one attached hydrogen (secondary N) is 1. The van der Waals surface area contributed by atoms with Gasteiger partial charge in [0.2, 0.25) is 11.8 Å². The lowest BCUT2D eigenvalue weighted by molar-refractivity contribution is -0.135. The number of benzene rings is 1. The first kappa shape index (κ1) is 21.6. The van der Waals surface area contributed by atoms with E-state index < -0.39 is 6.04 Å². The van der Waals surface area contributed by atoms with Crippen molar-refractivity contribution in [3.8, 4) is 11.5 Å². The van der Waals surface area contributed by atoms with Crippen LogP contribution >= 0.6 is 11.8 Å². The van der Waals surface area contributed by atoms with Crippen molar-refractivity contribution in [1.29, 1.82) is 0 Å². The molecule has 3 rings (SSSR count). The van der Waals surface area contributed by atoms with Crippen LogP contribution in [0.3, 0.4) is 0 Å². The first-order chi connectivity index (χ1) is 13.7. The number of ether oxygens (including phenoxy) is 2. The first-order valence-corrected chi connectivity index (χ1v) is 11.2. The van der Waals surface area contributed by atoms with Gasteiger partial charge in [0.1, 0.15) is 23.6 Å². The normalized spacial score (nSPS) is 21.2. The quantitative estimate of drug-likeness (QED) is 0.744. The van der Waals surface area contributed by atoms with Crippen LogP contribution in [0.1, 0.15) is 45.7 Å². The SMILES string of the molecule is CCOc1cc2c(cc1/C=C/C(=O)N1CSCC1C(=O)NC(C)(C)C)OC(C)C2. The third kappa shape index (κ3) is 5.26. The van der Waals surface area contributed by atoms with Gasteiger partial charge in [-0.3, -0.25) is 9.59 Å². The predicted octanol–water partition coefficient (Wildman–Crippen LogP) is 3.24. The highest BCUT2D eigenvalue weighted by Gasteiger charge is 2.35. The van der Waals surface area contributed by atoms with Crippen LogP contribution in [0.5, 0.6) is 11.5 Å². The number of amides is 2. The highest BCUT2D eigenvalue weighted by Crippen LogP contribution is 2.36. The van der Waals surface area contributed by atoms with E-state index >= 15 is 0 Å². The minimum atomic E-state index is -0.452. The molecule has 0 bridgehead atoms. The van der Waals surface area contributed by atoms with Crippen LogP contribution < -0.4 is 14.8 Å². The van der Waals surface area contributed by atoms with Gasteiger partial charge in [-0.1, -0.05) is 0 Å². The third-order valence-electron chi connectivity index (χ3n) is 4.70. The molecule has 2 amide bonds. The lowest BCUT2D eigenvalue weighted by atomic mass is 10.1. The Hall–Kier alpha value is -2.15. The molecule has 2 aliphatic rings. The van der Waals surface area contributed by atoms with Crippen LogP contribution in [-0.2, 0) is 16.0 Å². The molecular weight excluding hydrogens is 388 g/mol. The summed E-state index contributed by atoms with van der Waals surface area (Å²) < 4.78 is 11.6. The van der Waals surface area contributed by atoms with E-state index in [9.17, 15) is 9.59 Å². The van der Waals surface area contributed by atoms with Crippen LogP contribution in [0.2, 0.25) is 0 Å². The zero-order valence-electron chi connectivity index (χ0n) is 17.8. The maximum atomic E-state index is 12.8. The summed E-state index contributed by atoms with van der Waals surface area (Å²) in [5.74, 6) is 2.41. The topological polar surface area (TPSA) is 67.9 Å². The van der Waals surface area contributed by atoms with Crippen molar-refractivity contribution < 1.29 is 19.1 Å². The van der Waals surface area contributed by atoms with Crippen LogP contribution in [0.25, 0.3) is 6.08 Å². The second-order valence-electron chi connectivity index (χ2n) is 8.46. The van der Waals surface area contributed by atoms with Crippen molar-refractivity contribution in [2.45, 2.75) is 58.7 Å². The molecule has 1 saturated heterocycles. The number of carbonyl (C=O) groups is 2. The lowest BCUT2D eigenvalue weighted by Crippen LogP contribution is -2.52. The van der Waals surface area contributed by atoms with E-state index in [1.54, 1.807) is 22.7 Å². The third-order valence-corrected chi connectivity index (χ3v) is 5.71. The van der Waals surface area contributed by atoms with Crippen molar-refractivity contribution in [2.24, 2.45) is 0 Å². The van der Waals surface area contributed by atoms with E-state index in [1.807, 2.05) is 46.8 Å². The smallest absolute Gasteiger partial charge is 0.247 e. The minimum Gasteiger partial charge on any atom is -0.493 e. The monoisotopic (exact) mass is 418 g/mol. The molecule has 158 valence electrons. The van der Waals surface area contributed by atoms with Gasteiger partial charge in [-0.05, 0) is 52.8 Å². The van der Waals surface area contributed by atoms with Crippen LogP contribution in [0.4, 0.5) is 0 Å². The highest BCUT2D eigenvalue weighted by molar-refractivity contribution is 7.99. The van der Waals surface area contributed by atoms with Gasteiger partial charge in [0, 0.05) is 34.9 Å². The summed E-state index contributed by atoms with van der Waals surface area (Å²) in [4.78, 5) is 27.0. The summed E-state index contributed by atoms with van der Waals surface area (Å²) in [5.41, 5.74) is 1.60. The van der Waals surface area contributed by atoms with Gasteiger partial charge < -0.3 is 19.7 Å². The number of thioether (sulfide) groups is 1. The molecule has 1 fully saturated rings. The Bertz CT molecular complexity index is 816. The Kier molecular flexibility index (Phi) is 6.46. The molecule has 2 heterocycles. The van der Waals surface area contributed by atoms with Crippen molar-refractivity contribution >= 4 is 29.7 Å². The molecule has 1 aromatic rings. The van der Waals surface area contributed by atoms with Crippen molar-refractivity contribution in [3.05, 3.63) is 29.3 Å². The highest BCUT2D eigenvalue weighted by atomic mass is 32.2. The molecule has 2 atom stereocenters. The average molecular weight is 419 g/mol. The van der Waals surface area contributed by atoms with Crippen molar-refractivity contribution in [1.82, 2.24) is 10.2 Å². The van der Waals surface area contributed by atoms with Gasteiger partial charge in [0.05, 0.1) is 12.5 Å². The van der Waals surface area contributed by atoms with Gasteiger partial charge in [0.15, 0.2) is 0 Å². The molecule has 1 aromatic carbocycles. The Morgan fingerprint density at radius 1 is 1.38 bits per heavy atom. The molecule has 1 N–H and O–H groups in total. The van der Waals surface area contributed by atoms with Crippen LogP contribution in [-0.4, -0.2) is 52.6 Å². The maximum absolute atomic E-state index is 12.8. The molecule has 2 unspecified atom stereocenters. The molecule has 0 spiro atoms. The Morgan fingerprint density at radius 2 is 2.14 bits per heavy atom. The van der Waals surface area contributed by atoms with Crippen molar-refractivity contribution in [2.75, 3.05) is 18.2 Å². The molecule has 0 saturated carbocycles. The number of hydrogen-bond acceptors (Lipinski definition) is 5. The fraction of sp³-hybridized carbons (Fsp3) is 0.545. The summed E-state index contributed by atoms with van der Waals surface area (Å²) in [6, 6.07) is 3.47. The van der Waals surface area contributed by atoms with E-state index in [1.165, 1.54) is 6.08 Å². The molecule has 7 heteroatoms. The van der Waals surface area contributed by atoms with Gasteiger partial charge in [-0.2, -0.15) is 0 Å². The molecule has 29 heavy (non-hydrogen) atoms. The Labute approximate surface area is 177 Å². The van der Waals surface area contributed by atoms with Crippen LogP contribution in [0, 0.1) is 0 Å². The molecule has 0 aromatic heterocycles. The molecular formula is C22H30N2O4S. The largest absolute Gasteiger partial charge is 0.493 e. The first-order valence-electron chi connectivity index (χ1n) is 10.0. The Balaban J connectivity index is 1.76. The minimum absolute atomic E-state index is 0.112.